The van der Waals surface area contributed by atoms with Crippen LogP contribution in [0, 0.1) is 0 Å². The molecule has 1 unspecified atom stereocenters. The predicted octanol–water partition coefficient (Wildman–Crippen LogP) is 1.49. The van der Waals surface area contributed by atoms with Gasteiger partial charge in [-0.1, -0.05) is 12.1 Å². The number of pyridine rings is 1. The van der Waals surface area contributed by atoms with Crippen molar-refractivity contribution in [2.75, 3.05) is 0 Å². The number of amides is 1. The van der Waals surface area contributed by atoms with Crippen LogP contribution in [0.2, 0.25) is 0 Å². The van der Waals surface area contributed by atoms with E-state index in [0.717, 1.165) is 4.47 Å². The summed E-state index contributed by atoms with van der Waals surface area (Å²) in [4.78, 5) is 15.8. The van der Waals surface area contributed by atoms with E-state index in [1.807, 2.05) is 6.92 Å². The standard InChI is InChI=1S/C11H15BrN4O2/c1-2-9(4-10(13)16-18)15-11(17)7-3-8(12)6-14-5-7/h3,5-6,9,18H,2,4H2,1H3,(H2,13,16)(H,15,17). The number of oxime groups is 1. The number of halogens is 1. The number of nitrogens with two attached hydrogens (primary N) is 1. The van der Waals surface area contributed by atoms with Gasteiger partial charge in [0, 0.05) is 29.3 Å². The van der Waals surface area contributed by atoms with Crippen molar-refractivity contribution in [3.63, 3.8) is 0 Å². The monoisotopic (exact) mass is 314 g/mol. The highest BCUT2D eigenvalue weighted by Crippen LogP contribution is 2.10. The number of hydrogen-bond acceptors (Lipinski definition) is 4. The second-order valence-electron chi connectivity index (χ2n) is 3.77. The van der Waals surface area contributed by atoms with Gasteiger partial charge in [0.2, 0.25) is 0 Å². The molecule has 0 aliphatic heterocycles. The molecule has 1 rings (SSSR count). The van der Waals surface area contributed by atoms with Crippen LogP contribution >= 0.6 is 15.9 Å². The van der Waals surface area contributed by atoms with Crippen molar-refractivity contribution in [3.05, 3.63) is 28.5 Å². The van der Waals surface area contributed by atoms with Crippen LogP contribution in [0.4, 0.5) is 0 Å². The lowest BCUT2D eigenvalue weighted by molar-refractivity contribution is 0.0936. The van der Waals surface area contributed by atoms with E-state index in [-0.39, 0.29) is 17.8 Å². The normalized spacial score (nSPS) is 13.1. The smallest absolute Gasteiger partial charge is 0.253 e. The maximum atomic E-state index is 11.9. The molecule has 0 saturated heterocycles. The minimum absolute atomic E-state index is 0.0921. The third-order valence-electron chi connectivity index (χ3n) is 2.38. The molecule has 1 aromatic heterocycles. The van der Waals surface area contributed by atoms with E-state index < -0.39 is 0 Å². The Morgan fingerprint density at radius 2 is 2.39 bits per heavy atom. The van der Waals surface area contributed by atoms with Gasteiger partial charge in [-0.25, -0.2) is 0 Å². The van der Waals surface area contributed by atoms with Crippen molar-refractivity contribution < 1.29 is 10.0 Å². The Bertz CT molecular complexity index is 450. The molecule has 7 heteroatoms. The molecule has 1 heterocycles. The van der Waals surface area contributed by atoms with E-state index in [1.54, 1.807) is 12.3 Å². The van der Waals surface area contributed by atoms with Crippen LogP contribution in [0.1, 0.15) is 30.1 Å². The van der Waals surface area contributed by atoms with Gasteiger partial charge in [0.15, 0.2) is 0 Å². The molecule has 1 atom stereocenters. The third-order valence-corrected chi connectivity index (χ3v) is 2.81. The molecule has 0 saturated carbocycles. The zero-order valence-corrected chi connectivity index (χ0v) is 11.5. The minimum atomic E-state index is -0.235. The highest BCUT2D eigenvalue weighted by Gasteiger charge is 2.14. The molecule has 0 fully saturated rings. The first-order chi connectivity index (χ1) is 8.56. The third kappa shape index (κ3) is 4.33. The van der Waals surface area contributed by atoms with Crippen LogP contribution in [0.3, 0.4) is 0 Å². The second kappa shape index (κ2) is 6.95. The van der Waals surface area contributed by atoms with Crippen molar-refractivity contribution in [2.45, 2.75) is 25.8 Å². The van der Waals surface area contributed by atoms with Gasteiger partial charge in [-0.2, -0.15) is 0 Å². The molecule has 1 amide bonds. The fourth-order valence-electron chi connectivity index (χ4n) is 1.40. The summed E-state index contributed by atoms with van der Waals surface area (Å²) >= 11 is 3.25. The van der Waals surface area contributed by atoms with Gasteiger partial charge in [0.05, 0.1) is 5.56 Å². The van der Waals surface area contributed by atoms with Crippen LogP contribution in [0.15, 0.2) is 28.1 Å². The number of aromatic nitrogens is 1. The lowest BCUT2D eigenvalue weighted by Crippen LogP contribution is -2.37. The molecule has 18 heavy (non-hydrogen) atoms. The molecular weight excluding hydrogens is 300 g/mol. The Morgan fingerprint density at radius 1 is 1.67 bits per heavy atom. The van der Waals surface area contributed by atoms with Gasteiger partial charge in [0.25, 0.3) is 5.91 Å². The first kappa shape index (κ1) is 14.4. The summed E-state index contributed by atoms with van der Waals surface area (Å²) < 4.78 is 0.736. The average Bonchev–Trinajstić information content (AvgIpc) is 2.37. The van der Waals surface area contributed by atoms with Crippen LogP contribution in [0.25, 0.3) is 0 Å². The summed E-state index contributed by atoms with van der Waals surface area (Å²) in [5.41, 5.74) is 5.88. The second-order valence-corrected chi connectivity index (χ2v) is 4.68. The van der Waals surface area contributed by atoms with Crippen molar-refractivity contribution in [2.24, 2.45) is 10.9 Å². The van der Waals surface area contributed by atoms with Gasteiger partial charge < -0.3 is 16.3 Å². The minimum Gasteiger partial charge on any atom is -0.409 e. The molecule has 6 nitrogen and oxygen atoms in total. The molecule has 98 valence electrons. The first-order valence-electron chi connectivity index (χ1n) is 5.44. The summed E-state index contributed by atoms with van der Waals surface area (Å²) in [7, 11) is 0. The molecule has 1 aromatic rings. The van der Waals surface area contributed by atoms with Gasteiger partial charge in [-0.05, 0) is 28.4 Å². The average molecular weight is 315 g/mol. The zero-order chi connectivity index (χ0) is 13.5. The Balaban J connectivity index is 2.68. The number of nitrogens with zero attached hydrogens (tertiary/aromatic N) is 2. The highest BCUT2D eigenvalue weighted by atomic mass is 79.9. The molecule has 0 spiro atoms. The van der Waals surface area contributed by atoms with Crippen molar-refractivity contribution >= 4 is 27.7 Å². The topological polar surface area (TPSA) is 101 Å². The number of rotatable bonds is 5. The maximum absolute atomic E-state index is 11.9. The van der Waals surface area contributed by atoms with Crippen molar-refractivity contribution in [1.29, 1.82) is 0 Å². The van der Waals surface area contributed by atoms with Gasteiger partial charge in [0.1, 0.15) is 5.84 Å². The van der Waals surface area contributed by atoms with Gasteiger partial charge in [-0.3, -0.25) is 9.78 Å². The molecule has 0 radical (unpaired) electrons. The lowest BCUT2D eigenvalue weighted by atomic mass is 10.1. The Labute approximate surface area is 113 Å². The maximum Gasteiger partial charge on any atom is 0.253 e. The van der Waals surface area contributed by atoms with E-state index in [4.69, 9.17) is 10.9 Å². The van der Waals surface area contributed by atoms with Crippen LogP contribution in [-0.2, 0) is 0 Å². The Morgan fingerprint density at radius 3 is 2.94 bits per heavy atom. The molecule has 0 aliphatic carbocycles. The van der Waals surface area contributed by atoms with Crippen LogP contribution in [-0.4, -0.2) is 28.0 Å². The fourth-order valence-corrected chi connectivity index (χ4v) is 1.76. The largest absolute Gasteiger partial charge is 0.409 e. The van der Waals surface area contributed by atoms with E-state index in [1.165, 1.54) is 6.20 Å². The first-order valence-corrected chi connectivity index (χ1v) is 6.24. The van der Waals surface area contributed by atoms with E-state index in [9.17, 15) is 4.79 Å². The molecule has 0 bridgehead atoms. The van der Waals surface area contributed by atoms with Crippen LogP contribution < -0.4 is 11.1 Å². The number of hydrogen-bond donors (Lipinski definition) is 3. The van der Waals surface area contributed by atoms with Crippen molar-refractivity contribution in [1.82, 2.24) is 10.3 Å². The molecular formula is C11H15BrN4O2. The van der Waals surface area contributed by atoms with Crippen molar-refractivity contribution in [3.8, 4) is 0 Å². The quantitative estimate of drug-likeness (QED) is 0.332. The molecule has 0 aliphatic rings. The number of amidine groups is 1. The number of carbonyl (C=O) groups excluding carboxylic acids is 1. The summed E-state index contributed by atoms with van der Waals surface area (Å²) in [5, 5.41) is 14.2. The summed E-state index contributed by atoms with van der Waals surface area (Å²) in [5.74, 6) is -0.143. The predicted molar refractivity (Wildman–Crippen MR) is 71.5 cm³/mol. The number of nitrogens with one attached hydrogen (secondary N) is 1. The molecule has 4 N–H and O–H groups in total. The van der Waals surface area contributed by atoms with Gasteiger partial charge in [-0.15, -0.1) is 0 Å². The SMILES string of the molecule is CCC(CC(N)=NO)NC(=O)c1cncc(Br)c1. The lowest BCUT2D eigenvalue weighted by Gasteiger charge is -2.16. The van der Waals surface area contributed by atoms with E-state index in [0.29, 0.717) is 18.4 Å². The highest BCUT2D eigenvalue weighted by molar-refractivity contribution is 9.10. The van der Waals surface area contributed by atoms with Crippen LogP contribution in [0.5, 0.6) is 0 Å². The zero-order valence-electron chi connectivity index (χ0n) is 9.93. The summed E-state index contributed by atoms with van der Waals surface area (Å²) in [6.45, 7) is 1.91. The number of carbonyl (C=O) groups is 1. The van der Waals surface area contributed by atoms with Gasteiger partial charge >= 0.3 is 0 Å². The summed E-state index contributed by atoms with van der Waals surface area (Å²) in [6.07, 6.45) is 4.07. The van der Waals surface area contributed by atoms with E-state index >= 15 is 0 Å². The Hall–Kier alpha value is -1.63. The summed E-state index contributed by atoms with van der Waals surface area (Å²) in [6, 6.07) is 1.51. The molecule has 0 aromatic carbocycles. The fraction of sp³-hybridized carbons (Fsp3) is 0.364. The van der Waals surface area contributed by atoms with E-state index in [2.05, 4.69) is 31.4 Å². The Kier molecular flexibility index (Phi) is 5.57.